The van der Waals surface area contributed by atoms with E-state index in [0.717, 1.165) is 22.2 Å². The molecule has 0 spiro atoms. The van der Waals surface area contributed by atoms with E-state index in [2.05, 4.69) is 25.9 Å². The van der Waals surface area contributed by atoms with E-state index < -0.39 is 11.2 Å². The minimum absolute atomic E-state index is 0.331. The average molecular weight is 346 g/mol. The maximum atomic E-state index is 11.9. The van der Waals surface area contributed by atoms with Crippen LogP contribution in [-0.4, -0.2) is 14.5 Å². The minimum Gasteiger partial charge on any atom is -0.295 e. The van der Waals surface area contributed by atoms with Gasteiger partial charge in [-0.3, -0.25) is 19.3 Å². The lowest BCUT2D eigenvalue weighted by Crippen LogP contribution is -2.30. The van der Waals surface area contributed by atoms with Crippen LogP contribution in [0.3, 0.4) is 0 Å². The summed E-state index contributed by atoms with van der Waals surface area (Å²) in [7, 11) is 0. The zero-order valence-corrected chi connectivity index (χ0v) is 12.8. The summed E-state index contributed by atoms with van der Waals surface area (Å²) in [6.07, 6.45) is 1.51. The number of para-hydroxylation sites is 1. The Morgan fingerprint density at radius 3 is 2.86 bits per heavy atom. The van der Waals surface area contributed by atoms with Crippen LogP contribution in [0.25, 0.3) is 10.9 Å². The van der Waals surface area contributed by atoms with Crippen LogP contribution in [0, 0.1) is 6.92 Å². The summed E-state index contributed by atoms with van der Waals surface area (Å²) in [6, 6.07) is 9.74. The fourth-order valence-corrected chi connectivity index (χ4v) is 2.66. The van der Waals surface area contributed by atoms with E-state index in [1.807, 2.05) is 37.3 Å². The van der Waals surface area contributed by atoms with Gasteiger partial charge in [-0.2, -0.15) is 0 Å². The first-order chi connectivity index (χ1) is 10.0. The fourth-order valence-electron chi connectivity index (χ4n) is 2.31. The first kappa shape index (κ1) is 13.8. The number of rotatable bonds is 2. The van der Waals surface area contributed by atoms with Crippen molar-refractivity contribution in [1.29, 1.82) is 0 Å². The summed E-state index contributed by atoms with van der Waals surface area (Å²) in [5.41, 5.74) is 1.91. The predicted molar refractivity (Wildman–Crippen MR) is 84.6 cm³/mol. The van der Waals surface area contributed by atoms with Crippen molar-refractivity contribution in [3.63, 3.8) is 0 Å². The number of aromatic nitrogens is 3. The van der Waals surface area contributed by atoms with Crippen LogP contribution < -0.4 is 11.2 Å². The molecule has 0 aliphatic carbocycles. The van der Waals surface area contributed by atoms with E-state index in [1.54, 1.807) is 0 Å². The minimum atomic E-state index is -0.429. The number of aromatic amines is 1. The van der Waals surface area contributed by atoms with Crippen molar-refractivity contribution in [3.05, 3.63) is 73.1 Å². The number of fused-ring (bicyclic) bond motifs is 1. The van der Waals surface area contributed by atoms with Crippen molar-refractivity contribution in [2.24, 2.45) is 0 Å². The number of hydrogen-bond donors (Lipinski definition) is 1. The normalized spacial score (nSPS) is 11.0. The van der Waals surface area contributed by atoms with Crippen LogP contribution in [0.2, 0.25) is 0 Å². The first-order valence-corrected chi connectivity index (χ1v) is 7.18. The maximum Gasteiger partial charge on any atom is 0.328 e. The molecule has 1 N–H and O–H groups in total. The summed E-state index contributed by atoms with van der Waals surface area (Å²) < 4.78 is 1.80. The molecular weight excluding hydrogens is 334 g/mol. The number of nitrogens with zero attached hydrogens (tertiary/aromatic N) is 2. The Morgan fingerprint density at radius 2 is 2.05 bits per heavy atom. The molecule has 0 aliphatic rings. The molecule has 3 rings (SSSR count). The molecule has 6 heteroatoms. The van der Waals surface area contributed by atoms with Gasteiger partial charge in [0.1, 0.15) is 0 Å². The Labute approximate surface area is 128 Å². The van der Waals surface area contributed by atoms with Crippen molar-refractivity contribution in [3.8, 4) is 0 Å². The molecule has 0 unspecified atom stereocenters. The highest BCUT2D eigenvalue weighted by Crippen LogP contribution is 2.18. The highest BCUT2D eigenvalue weighted by molar-refractivity contribution is 9.10. The highest BCUT2D eigenvalue weighted by Gasteiger charge is 2.07. The van der Waals surface area contributed by atoms with Gasteiger partial charge in [-0.05, 0) is 40.5 Å². The number of halogens is 1. The number of nitrogens with one attached hydrogen (secondary N) is 1. The Hall–Kier alpha value is -2.21. The Kier molecular flexibility index (Phi) is 3.47. The summed E-state index contributed by atoms with van der Waals surface area (Å²) in [5.74, 6) is 0. The molecule has 0 saturated carbocycles. The van der Waals surface area contributed by atoms with E-state index >= 15 is 0 Å². The average Bonchev–Trinajstić information content (AvgIpc) is 2.44. The van der Waals surface area contributed by atoms with E-state index in [1.165, 1.54) is 10.8 Å². The van der Waals surface area contributed by atoms with Crippen molar-refractivity contribution in [2.45, 2.75) is 13.5 Å². The van der Waals surface area contributed by atoms with Gasteiger partial charge < -0.3 is 0 Å². The lowest BCUT2D eigenvalue weighted by molar-refractivity contribution is 0.718. The van der Waals surface area contributed by atoms with Crippen molar-refractivity contribution >= 4 is 26.8 Å². The summed E-state index contributed by atoms with van der Waals surface area (Å²) >= 11 is 3.14. The van der Waals surface area contributed by atoms with Gasteiger partial charge in [0.25, 0.3) is 5.56 Å². The standard InChI is InChI=1S/C15H12BrN3O2/c1-9-6-10(11-4-2-3-5-13(11)17-9)7-19-8-12(16)14(20)18-15(19)21/h2-6,8H,7H2,1H3,(H,18,20,21). The SMILES string of the molecule is Cc1cc(Cn2cc(Br)c(=O)[nH]c2=O)c2ccccc2n1. The van der Waals surface area contributed by atoms with Gasteiger partial charge in [0.05, 0.1) is 16.5 Å². The predicted octanol–water partition coefficient (Wildman–Crippen LogP) is 2.20. The fraction of sp³-hybridized carbons (Fsp3) is 0.133. The summed E-state index contributed by atoms with van der Waals surface area (Å²) in [5, 5.41) is 0.998. The lowest BCUT2D eigenvalue weighted by atomic mass is 10.1. The topological polar surface area (TPSA) is 67.8 Å². The van der Waals surface area contributed by atoms with Gasteiger partial charge in [0.15, 0.2) is 0 Å². The second-order valence-corrected chi connectivity index (χ2v) is 5.66. The van der Waals surface area contributed by atoms with Crippen molar-refractivity contribution in [2.75, 3.05) is 0 Å². The summed E-state index contributed by atoms with van der Waals surface area (Å²) in [6.45, 7) is 2.29. The Bertz CT molecular complexity index is 944. The molecule has 0 fully saturated rings. The van der Waals surface area contributed by atoms with Crippen LogP contribution in [-0.2, 0) is 6.54 Å². The van der Waals surface area contributed by atoms with E-state index in [-0.39, 0.29) is 0 Å². The third kappa shape index (κ3) is 2.67. The van der Waals surface area contributed by atoms with Crippen LogP contribution in [0.5, 0.6) is 0 Å². The van der Waals surface area contributed by atoms with Gasteiger partial charge >= 0.3 is 5.69 Å². The number of aryl methyl sites for hydroxylation is 1. The van der Waals surface area contributed by atoms with E-state index in [9.17, 15) is 9.59 Å². The number of H-pyrrole nitrogens is 1. The quantitative estimate of drug-likeness (QED) is 0.774. The highest BCUT2D eigenvalue weighted by atomic mass is 79.9. The van der Waals surface area contributed by atoms with Crippen molar-refractivity contribution < 1.29 is 0 Å². The Balaban J connectivity index is 2.16. The van der Waals surface area contributed by atoms with E-state index in [4.69, 9.17) is 0 Å². The molecule has 0 aliphatic heterocycles. The molecule has 0 atom stereocenters. The molecule has 5 nitrogen and oxygen atoms in total. The van der Waals surface area contributed by atoms with Gasteiger partial charge in [-0.15, -0.1) is 0 Å². The molecule has 21 heavy (non-hydrogen) atoms. The molecule has 2 heterocycles. The largest absolute Gasteiger partial charge is 0.328 e. The van der Waals surface area contributed by atoms with Crippen LogP contribution in [0.4, 0.5) is 0 Å². The maximum absolute atomic E-state index is 11.9. The molecule has 0 saturated heterocycles. The number of pyridine rings is 1. The molecule has 0 amide bonds. The third-order valence-electron chi connectivity index (χ3n) is 3.24. The first-order valence-electron chi connectivity index (χ1n) is 6.39. The molecule has 0 radical (unpaired) electrons. The molecule has 0 bridgehead atoms. The zero-order valence-electron chi connectivity index (χ0n) is 11.3. The smallest absolute Gasteiger partial charge is 0.295 e. The molecule has 3 aromatic rings. The van der Waals surface area contributed by atoms with Gasteiger partial charge in [0, 0.05) is 17.3 Å². The molecular formula is C15H12BrN3O2. The molecule has 106 valence electrons. The number of hydrogen-bond acceptors (Lipinski definition) is 3. The molecule has 1 aromatic carbocycles. The van der Waals surface area contributed by atoms with Crippen LogP contribution in [0.1, 0.15) is 11.3 Å². The van der Waals surface area contributed by atoms with Crippen molar-refractivity contribution in [1.82, 2.24) is 14.5 Å². The second kappa shape index (κ2) is 5.29. The summed E-state index contributed by atoms with van der Waals surface area (Å²) in [4.78, 5) is 30.0. The van der Waals surface area contributed by atoms with Gasteiger partial charge in [-0.1, -0.05) is 18.2 Å². The van der Waals surface area contributed by atoms with Crippen LogP contribution >= 0.6 is 15.9 Å². The second-order valence-electron chi connectivity index (χ2n) is 4.80. The number of benzene rings is 1. The van der Waals surface area contributed by atoms with Gasteiger partial charge in [-0.25, -0.2) is 4.79 Å². The zero-order chi connectivity index (χ0) is 15.0. The van der Waals surface area contributed by atoms with E-state index in [0.29, 0.717) is 11.0 Å². The lowest BCUT2D eigenvalue weighted by Gasteiger charge is -2.10. The monoisotopic (exact) mass is 345 g/mol. The third-order valence-corrected chi connectivity index (χ3v) is 3.80. The van der Waals surface area contributed by atoms with Crippen LogP contribution in [0.15, 0.2) is 50.6 Å². The molecule has 2 aromatic heterocycles. The Morgan fingerprint density at radius 1 is 1.29 bits per heavy atom. The van der Waals surface area contributed by atoms with Gasteiger partial charge in [0.2, 0.25) is 0 Å².